The predicted octanol–water partition coefficient (Wildman–Crippen LogP) is 6.01. The van der Waals surface area contributed by atoms with Crippen LogP contribution in [-0.4, -0.2) is 24.3 Å². The lowest BCUT2D eigenvalue weighted by Crippen LogP contribution is -2.32. The molecule has 1 unspecified atom stereocenters. The van der Waals surface area contributed by atoms with E-state index in [1.807, 2.05) is 48.5 Å². The average molecular weight is 402 g/mol. The van der Waals surface area contributed by atoms with Crippen molar-refractivity contribution < 1.29 is 14.3 Å². The summed E-state index contributed by atoms with van der Waals surface area (Å²) in [4.78, 5) is 14.1. The Morgan fingerprint density at radius 3 is 2.47 bits per heavy atom. The number of rotatable bonds is 5. The Morgan fingerprint density at radius 1 is 1.00 bits per heavy atom. The van der Waals surface area contributed by atoms with Gasteiger partial charge < -0.3 is 14.4 Å². The number of carbonyl (C=O) groups excluding carboxylic acids is 1. The molecule has 0 radical (unpaired) electrons. The number of para-hydroxylation sites is 1. The minimum Gasteiger partial charge on any atom is -0.453 e. The van der Waals surface area contributed by atoms with Crippen molar-refractivity contribution in [3.63, 3.8) is 0 Å². The first kappa shape index (κ1) is 20.0. The molecule has 0 saturated carbocycles. The van der Waals surface area contributed by atoms with Crippen molar-refractivity contribution in [3.05, 3.63) is 89.5 Å². The molecule has 0 saturated heterocycles. The van der Waals surface area contributed by atoms with Gasteiger partial charge in [0.25, 0.3) is 0 Å². The van der Waals surface area contributed by atoms with E-state index >= 15 is 0 Å². The molecule has 0 fully saturated rings. The third-order valence-corrected chi connectivity index (χ3v) is 5.41. The molecule has 1 aliphatic rings. The quantitative estimate of drug-likeness (QED) is 0.526. The summed E-state index contributed by atoms with van der Waals surface area (Å²) in [6, 6.07) is 24.4. The van der Waals surface area contributed by atoms with Gasteiger partial charge in [-0.1, -0.05) is 86.6 Å². The molecule has 1 atom stereocenters. The average Bonchev–Trinajstić information content (AvgIpc) is 3.16. The highest BCUT2D eigenvalue weighted by Gasteiger charge is 2.30. The van der Waals surface area contributed by atoms with Crippen molar-refractivity contribution >= 4 is 6.09 Å². The molecule has 4 rings (SSSR count). The van der Waals surface area contributed by atoms with Gasteiger partial charge in [-0.15, -0.1) is 0 Å². The van der Waals surface area contributed by atoms with E-state index in [1.165, 1.54) is 5.56 Å². The van der Waals surface area contributed by atoms with Gasteiger partial charge in [0.05, 0.1) is 6.42 Å². The third kappa shape index (κ3) is 4.18. The number of benzene rings is 3. The smallest absolute Gasteiger partial charge is 0.412 e. The fourth-order valence-electron chi connectivity index (χ4n) is 3.89. The number of hydrogen-bond acceptors (Lipinski definition) is 3. The van der Waals surface area contributed by atoms with Gasteiger partial charge in [0.2, 0.25) is 6.29 Å². The van der Waals surface area contributed by atoms with Gasteiger partial charge in [-0.2, -0.15) is 0 Å². The van der Waals surface area contributed by atoms with Gasteiger partial charge in [-0.05, 0) is 22.6 Å². The van der Waals surface area contributed by atoms with Crippen LogP contribution in [0.1, 0.15) is 36.5 Å². The zero-order valence-corrected chi connectivity index (χ0v) is 17.7. The Labute approximate surface area is 178 Å². The van der Waals surface area contributed by atoms with E-state index in [2.05, 4.69) is 38.1 Å². The molecule has 154 valence electrons. The topological polar surface area (TPSA) is 38.8 Å². The van der Waals surface area contributed by atoms with Gasteiger partial charge in [-0.3, -0.25) is 0 Å². The van der Waals surface area contributed by atoms with Crippen LogP contribution in [-0.2, 0) is 17.7 Å². The highest BCUT2D eigenvalue weighted by Crippen LogP contribution is 2.41. The predicted molar refractivity (Wildman–Crippen MR) is 118 cm³/mol. The number of nitrogens with zero attached hydrogens (tertiary/aromatic N) is 1. The van der Waals surface area contributed by atoms with E-state index in [-0.39, 0.29) is 6.09 Å². The summed E-state index contributed by atoms with van der Waals surface area (Å²) in [5.41, 5.74) is 5.61. The highest BCUT2D eigenvalue weighted by molar-refractivity contribution is 5.76. The van der Waals surface area contributed by atoms with Crippen LogP contribution in [0, 0.1) is 0 Å². The maximum Gasteiger partial charge on any atom is 0.412 e. The van der Waals surface area contributed by atoms with Gasteiger partial charge in [-0.25, -0.2) is 4.79 Å². The maximum atomic E-state index is 12.6. The highest BCUT2D eigenvalue weighted by atomic mass is 16.7. The SMILES string of the molecule is CC(C)c1ccccc1-c1cccc2c1OC(OC(=O)N(C)Cc1ccccc1)C2. The molecule has 3 aromatic rings. The fraction of sp³-hybridized carbons (Fsp3) is 0.269. The van der Waals surface area contributed by atoms with E-state index in [9.17, 15) is 4.79 Å². The van der Waals surface area contributed by atoms with Crippen molar-refractivity contribution in [1.82, 2.24) is 4.90 Å². The zero-order valence-electron chi connectivity index (χ0n) is 17.7. The normalized spacial score (nSPS) is 14.9. The molecular weight excluding hydrogens is 374 g/mol. The summed E-state index contributed by atoms with van der Waals surface area (Å²) in [5.74, 6) is 1.22. The Kier molecular flexibility index (Phi) is 5.75. The van der Waals surface area contributed by atoms with Crippen molar-refractivity contribution in [2.24, 2.45) is 0 Å². The summed E-state index contributed by atoms with van der Waals surface area (Å²) in [7, 11) is 1.74. The molecular formula is C26H27NO3. The molecule has 0 aromatic heterocycles. The molecule has 4 heteroatoms. The first-order valence-corrected chi connectivity index (χ1v) is 10.4. The summed E-state index contributed by atoms with van der Waals surface area (Å²) < 4.78 is 11.8. The Balaban J connectivity index is 1.49. The summed E-state index contributed by atoms with van der Waals surface area (Å²) in [6.07, 6.45) is -0.448. The molecule has 0 N–H and O–H groups in total. The maximum absolute atomic E-state index is 12.6. The van der Waals surface area contributed by atoms with Gasteiger partial charge in [0.1, 0.15) is 5.75 Å². The number of carbonyl (C=O) groups is 1. The second kappa shape index (κ2) is 8.62. The van der Waals surface area contributed by atoms with Gasteiger partial charge in [0.15, 0.2) is 0 Å². The molecule has 1 heterocycles. The van der Waals surface area contributed by atoms with Crippen molar-refractivity contribution in [2.75, 3.05) is 7.05 Å². The van der Waals surface area contributed by atoms with Crippen LogP contribution in [0.4, 0.5) is 4.79 Å². The monoisotopic (exact) mass is 401 g/mol. The second-order valence-corrected chi connectivity index (χ2v) is 8.01. The van der Waals surface area contributed by atoms with E-state index in [0.717, 1.165) is 28.0 Å². The van der Waals surface area contributed by atoms with Crippen LogP contribution in [0.15, 0.2) is 72.8 Å². The van der Waals surface area contributed by atoms with Gasteiger partial charge >= 0.3 is 6.09 Å². The third-order valence-electron chi connectivity index (χ3n) is 5.41. The number of ether oxygens (including phenoxy) is 2. The van der Waals surface area contributed by atoms with Crippen molar-refractivity contribution in [1.29, 1.82) is 0 Å². The standard InChI is InChI=1S/C26H27NO3/c1-18(2)21-13-7-8-14-22(21)23-15-9-12-20-16-24(29-25(20)23)30-26(28)27(3)17-19-10-5-4-6-11-19/h4-15,18,24H,16-17H2,1-3H3. The molecule has 0 spiro atoms. The van der Waals surface area contributed by atoms with Crippen LogP contribution in [0.5, 0.6) is 5.75 Å². The largest absolute Gasteiger partial charge is 0.453 e. The molecule has 1 aliphatic heterocycles. The Bertz CT molecular complexity index is 1030. The first-order valence-electron chi connectivity index (χ1n) is 10.4. The van der Waals surface area contributed by atoms with Crippen LogP contribution in [0.3, 0.4) is 0 Å². The van der Waals surface area contributed by atoms with Crippen molar-refractivity contribution in [2.45, 2.75) is 39.0 Å². The Morgan fingerprint density at radius 2 is 1.70 bits per heavy atom. The van der Waals surface area contributed by atoms with E-state index in [4.69, 9.17) is 9.47 Å². The van der Waals surface area contributed by atoms with Crippen LogP contribution >= 0.6 is 0 Å². The van der Waals surface area contributed by atoms with Crippen LogP contribution < -0.4 is 4.74 Å². The van der Waals surface area contributed by atoms with Crippen LogP contribution in [0.25, 0.3) is 11.1 Å². The summed E-state index contributed by atoms with van der Waals surface area (Å²) >= 11 is 0. The fourth-order valence-corrected chi connectivity index (χ4v) is 3.89. The molecule has 30 heavy (non-hydrogen) atoms. The van der Waals surface area contributed by atoms with Crippen LogP contribution in [0.2, 0.25) is 0 Å². The van der Waals surface area contributed by atoms with Gasteiger partial charge in [0, 0.05) is 24.7 Å². The molecule has 3 aromatic carbocycles. The molecule has 1 amide bonds. The number of fused-ring (bicyclic) bond motifs is 1. The first-order chi connectivity index (χ1) is 14.5. The minimum atomic E-state index is -0.613. The lowest BCUT2D eigenvalue weighted by molar-refractivity contribution is -0.0301. The number of amides is 1. The van der Waals surface area contributed by atoms with Crippen molar-refractivity contribution in [3.8, 4) is 16.9 Å². The second-order valence-electron chi connectivity index (χ2n) is 8.01. The Hall–Kier alpha value is -3.27. The summed E-state index contributed by atoms with van der Waals surface area (Å²) in [6.45, 7) is 4.87. The molecule has 0 aliphatic carbocycles. The lowest BCUT2D eigenvalue weighted by Gasteiger charge is -2.20. The van der Waals surface area contributed by atoms with E-state index in [1.54, 1.807) is 11.9 Å². The summed E-state index contributed by atoms with van der Waals surface area (Å²) in [5, 5.41) is 0. The zero-order chi connectivity index (χ0) is 21.1. The van der Waals surface area contributed by atoms with E-state index < -0.39 is 6.29 Å². The number of hydrogen-bond donors (Lipinski definition) is 0. The minimum absolute atomic E-state index is 0.388. The van der Waals surface area contributed by atoms with E-state index in [0.29, 0.717) is 18.9 Å². The molecule has 0 bridgehead atoms. The molecule has 4 nitrogen and oxygen atoms in total. The lowest BCUT2D eigenvalue weighted by atomic mass is 9.91.